The second kappa shape index (κ2) is 8.48. The van der Waals surface area contributed by atoms with Crippen molar-refractivity contribution in [3.63, 3.8) is 0 Å². The zero-order valence-electron chi connectivity index (χ0n) is 13.2. The third-order valence-electron chi connectivity index (χ3n) is 3.18. The van der Waals surface area contributed by atoms with Gasteiger partial charge < -0.3 is 19.9 Å². The van der Waals surface area contributed by atoms with E-state index in [1.807, 2.05) is 0 Å². The third-order valence-corrected chi connectivity index (χ3v) is 3.67. The Bertz CT molecular complexity index is 797. The molecule has 132 valence electrons. The maximum absolute atomic E-state index is 13.8. The van der Waals surface area contributed by atoms with Crippen molar-refractivity contribution in [2.45, 2.75) is 6.42 Å². The van der Waals surface area contributed by atoms with Crippen LogP contribution in [0.4, 0.5) is 10.1 Å². The smallest absolute Gasteiger partial charge is 0.341 e. The summed E-state index contributed by atoms with van der Waals surface area (Å²) in [4.78, 5) is 22.9. The third kappa shape index (κ3) is 5.46. The van der Waals surface area contributed by atoms with Gasteiger partial charge >= 0.3 is 5.97 Å². The van der Waals surface area contributed by atoms with Crippen molar-refractivity contribution < 1.29 is 28.6 Å². The largest absolute Gasteiger partial charge is 0.497 e. The van der Waals surface area contributed by atoms with Gasteiger partial charge in [-0.25, -0.2) is 9.18 Å². The van der Waals surface area contributed by atoms with E-state index < -0.39 is 24.3 Å². The van der Waals surface area contributed by atoms with Gasteiger partial charge in [-0.05, 0) is 29.8 Å². The molecule has 0 aromatic heterocycles. The first-order valence-corrected chi connectivity index (χ1v) is 7.94. The Kier molecular flexibility index (Phi) is 6.35. The predicted molar refractivity (Wildman–Crippen MR) is 92.6 cm³/mol. The number of halogens is 2. The topological polar surface area (TPSA) is 84.9 Å². The average Bonchev–Trinajstić information content (AvgIpc) is 2.56. The zero-order valence-corrected chi connectivity index (χ0v) is 14.8. The van der Waals surface area contributed by atoms with Crippen LogP contribution in [0.25, 0.3) is 0 Å². The van der Waals surface area contributed by atoms with Gasteiger partial charge in [0, 0.05) is 10.5 Å². The summed E-state index contributed by atoms with van der Waals surface area (Å²) >= 11 is 3.15. The lowest BCUT2D eigenvalue weighted by Gasteiger charge is -2.13. The summed E-state index contributed by atoms with van der Waals surface area (Å²) in [7, 11) is 1.45. The molecule has 0 bridgehead atoms. The van der Waals surface area contributed by atoms with Crippen molar-refractivity contribution in [2.24, 2.45) is 0 Å². The molecule has 25 heavy (non-hydrogen) atoms. The highest BCUT2D eigenvalue weighted by molar-refractivity contribution is 9.10. The van der Waals surface area contributed by atoms with Crippen LogP contribution in [-0.4, -0.2) is 30.7 Å². The lowest BCUT2D eigenvalue weighted by molar-refractivity contribution is -0.139. The van der Waals surface area contributed by atoms with Gasteiger partial charge in [-0.2, -0.15) is 0 Å². The molecule has 8 heteroatoms. The van der Waals surface area contributed by atoms with Gasteiger partial charge in [0.25, 0.3) is 0 Å². The van der Waals surface area contributed by atoms with E-state index in [4.69, 9.17) is 14.6 Å². The molecule has 6 nitrogen and oxygen atoms in total. The summed E-state index contributed by atoms with van der Waals surface area (Å²) < 4.78 is 24.6. The van der Waals surface area contributed by atoms with Crippen LogP contribution in [0.2, 0.25) is 0 Å². The molecule has 2 aromatic rings. The molecular formula is C17H15BrFNO5. The van der Waals surface area contributed by atoms with Gasteiger partial charge in [0.2, 0.25) is 5.91 Å². The summed E-state index contributed by atoms with van der Waals surface area (Å²) in [6.45, 7) is -0.559. The van der Waals surface area contributed by atoms with Gasteiger partial charge in [0.15, 0.2) is 6.61 Å². The van der Waals surface area contributed by atoms with Crippen LogP contribution in [0, 0.1) is 5.82 Å². The first-order chi connectivity index (χ1) is 11.9. The molecule has 0 heterocycles. The van der Waals surface area contributed by atoms with Crippen LogP contribution in [0.15, 0.2) is 40.9 Å². The molecule has 1 amide bonds. The molecule has 0 aliphatic rings. The molecule has 0 saturated heterocycles. The minimum Gasteiger partial charge on any atom is -0.497 e. The number of carbonyl (C=O) groups excluding carboxylic acids is 1. The zero-order chi connectivity index (χ0) is 18.4. The van der Waals surface area contributed by atoms with Crippen molar-refractivity contribution >= 4 is 33.5 Å². The van der Waals surface area contributed by atoms with E-state index in [-0.39, 0.29) is 23.4 Å². The van der Waals surface area contributed by atoms with E-state index in [1.165, 1.54) is 31.4 Å². The highest BCUT2D eigenvalue weighted by atomic mass is 79.9. The molecule has 0 fully saturated rings. The van der Waals surface area contributed by atoms with Crippen molar-refractivity contribution in [1.82, 2.24) is 0 Å². The van der Waals surface area contributed by atoms with E-state index in [9.17, 15) is 14.0 Å². The molecule has 0 spiro atoms. The second-order valence-corrected chi connectivity index (χ2v) is 5.92. The number of rotatable bonds is 7. The Morgan fingerprint density at radius 1 is 1.24 bits per heavy atom. The average molecular weight is 412 g/mol. The van der Waals surface area contributed by atoms with Crippen LogP contribution in [-0.2, 0) is 16.0 Å². The van der Waals surface area contributed by atoms with Crippen molar-refractivity contribution in [3.05, 3.63) is 52.3 Å². The molecule has 0 aliphatic carbocycles. The Morgan fingerprint density at radius 3 is 2.64 bits per heavy atom. The van der Waals surface area contributed by atoms with Crippen LogP contribution in [0.3, 0.4) is 0 Å². The molecule has 2 N–H and O–H groups in total. The number of carbonyl (C=O) groups is 2. The number of aliphatic carboxylic acids is 1. The summed E-state index contributed by atoms with van der Waals surface area (Å²) in [5, 5.41) is 11.3. The summed E-state index contributed by atoms with van der Waals surface area (Å²) in [6, 6.07) is 8.96. The van der Waals surface area contributed by atoms with Crippen molar-refractivity contribution in [1.29, 1.82) is 0 Å². The number of ether oxygens (including phenoxy) is 2. The summed E-state index contributed by atoms with van der Waals surface area (Å²) in [5.41, 5.74) is 0.472. The maximum atomic E-state index is 13.8. The Hall–Kier alpha value is -2.61. The van der Waals surface area contributed by atoms with Gasteiger partial charge in [-0.1, -0.05) is 22.0 Å². The number of amides is 1. The van der Waals surface area contributed by atoms with Crippen LogP contribution in [0.5, 0.6) is 11.5 Å². The minimum atomic E-state index is -1.15. The second-order valence-electron chi connectivity index (χ2n) is 5.01. The molecule has 0 aliphatic heterocycles. The number of nitrogens with one attached hydrogen (secondary N) is 1. The lowest BCUT2D eigenvalue weighted by atomic mass is 10.1. The van der Waals surface area contributed by atoms with E-state index in [0.717, 1.165) is 0 Å². The summed E-state index contributed by atoms with van der Waals surface area (Å²) in [6.07, 6.45) is -0.186. The first kappa shape index (κ1) is 18.7. The molecule has 2 aromatic carbocycles. The number of anilines is 1. The number of carboxylic acid groups (broad SMARTS) is 1. The lowest BCUT2D eigenvalue weighted by Crippen LogP contribution is -2.17. The fourth-order valence-corrected chi connectivity index (χ4v) is 2.36. The highest BCUT2D eigenvalue weighted by Gasteiger charge is 2.13. The van der Waals surface area contributed by atoms with E-state index in [0.29, 0.717) is 10.2 Å². The first-order valence-electron chi connectivity index (χ1n) is 7.15. The highest BCUT2D eigenvalue weighted by Crippen LogP contribution is 2.29. The molecule has 0 radical (unpaired) electrons. The number of hydrogen-bond donors (Lipinski definition) is 2. The Labute approximate surface area is 151 Å². The van der Waals surface area contributed by atoms with Crippen LogP contribution in [0.1, 0.15) is 5.56 Å². The molecule has 0 saturated carbocycles. The predicted octanol–water partition coefficient (Wildman–Crippen LogP) is 3.24. The van der Waals surface area contributed by atoms with Gasteiger partial charge in [0.05, 0.1) is 19.2 Å². The molecule has 0 atom stereocenters. The van der Waals surface area contributed by atoms with Gasteiger partial charge in [0.1, 0.15) is 17.3 Å². The normalized spacial score (nSPS) is 10.2. The number of benzene rings is 2. The summed E-state index contributed by atoms with van der Waals surface area (Å²) in [5.74, 6) is -1.50. The van der Waals surface area contributed by atoms with Gasteiger partial charge in [-0.15, -0.1) is 0 Å². The monoisotopic (exact) mass is 411 g/mol. The Balaban J connectivity index is 2.16. The van der Waals surface area contributed by atoms with E-state index >= 15 is 0 Å². The molecule has 2 rings (SSSR count). The van der Waals surface area contributed by atoms with E-state index in [2.05, 4.69) is 21.2 Å². The number of carboxylic acids is 1. The quantitative estimate of drug-likeness (QED) is 0.730. The fourth-order valence-electron chi connectivity index (χ4n) is 2.03. The maximum Gasteiger partial charge on any atom is 0.341 e. The number of hydrogen-bond acceptors (Lipinski definition) is 4. The van der Waals surface area contributed by atoms with Crippen molar-refractivity contribution in [3.8, 4) is 11.5 Å². The fraction of sp³-hybridized carbons (Fsp3) is 0.176. The van der Waals surface area contributed by atoms with Crippen LogP contribution < -0.4 is 14.8 Å². The standard InChI is InChI=1S/C17H15BrFNO5/c1-24-12-4-5-15(25-9-17(22)23)14(8-12)20-16(21)6-10-2-3-11(18)7-13(10)19/h2-5,7-8H,6,9H2,1H3,(H,20,21)(H,22,23). The number of methoxy groups -OCH3 is 1. The van der Waals surface area contributed by atoms with E-state index in [1.54, 1.807) is 12.1 Å². The molecule has 0 unspecified atom stereocenters. The van der Waals surface area contributed by atoms with Crippen molar-refractivity contribution in [2.75, 3.05) is 19.0 Å². The SMILES string of the molecule is COc1ccc(OCC(=O)O)c(NC(=O)Cc2ccc(Br)cc2F)c1. The Morgan fingerprint density at radius 2 is 2.00 bits per heavy atom. The molecular weight excluding hydrogens is 397 g/mol. The van der Waals surface area contributed by atoms with Gasteiger partial charge in [-0.3, -0.25) is 4.79 Å². The van der Waals surface area contributed by atoms with Crippen LogP contribution >= 0.6 is 15.9 Å². The minimum absolute atomic E-state index is 0.174.